The van der Waals surface area contributed by atoms with Gasteiger partial charge in [-0.1, -0.05) is 49.6 Å². The van der Waals surface area contributed by atoms with Crippen molar-refractivity contribution >= 4 is 28.3 Å². The Hall–Kier alpha value is -2.74. The molecule has 0 fully saturated rings. The van der Waals surface area contributed by atoms with Gasteiger partial charge in [-0.15, -0.1) is 0 Å². The van der Waals surface area contributed by atoms with Crippen LogP contribution in [0.2, 0.25) is 0 Å². The number of para-hydroxylation sites is 1. The first-order chi connectivity index (χ1) is 9.70. The molecule has 0 saturated carbocycles. The number of benzene rings is 2. The molecular formula is C18H15NO. The zero-order valence-corrected chi connectivity index (χ0v) is 11.1. The Labute approximate surface area is 117 Å². The zero-order chi connectivity index (χ0) is 14.1. The first-order valence-electron chi connectivity index (χ1n) is 6.40. The number of hydrogen-bond donors (Lipinski definition) is 1. The molecule has 0 radical (unpaired) electrons. The summed E-state index contributed by atoms with van der Waals surface area (Å²) in [6, 6.07) is 15.5. The maximum absolute atomic E-state index is 5.93. The van der Waals surface area contributed by atoms with Crippen molar-refractivity contribution in [2.45, 2.75) is 0 Å². The number of rotatable bonds is 3. The summed E-state index contributed by atoms with van der Waals surface area (Å²) in [5, 5.41) is 1.05. The average Bonchev–Trinajstić information content (AvgIpc) is 2.85. The molecule has 0 unspecified atom stereocenters. The lowest BCUT2D eigenvalue weighted by molar-refractivity contribution is 0.600. The fourth-order valence-corrected chi connectivity index (χ4v) is 2.31. The van der Waals surface area contributed by atoms with Crippen LogP contribution in [0.25, 0.3) is 22.6 Å². The SMILES string of the molecule is C=Cc1c(C(=C)c2ccc(N)cc2)oc2ccccc12. The Bertz CT molecular complexity index is 794. The number of nitrogens with two attached hydrogens (primary N) is 1. The van der Waals surface area contributed by atoms with E-state index in [1.165, 1.54) is 0 Å². The molecule has 1 heterocycles. The summed E-state index contributed by atoms with van der Waals surface area (Å²) < 4.78 is 5.93. The van der Waals surface area contributed by atoms with Crippen LogP contribution in [-0.2, 0) is 0 Å². The highest BCUT2D eigenvalue weighted by molar-refractivity contribution is 5.94. The lowest BCUT2D eigenvalue weighted by atomic mass is 10.0. The third-order valence-corrected chi connectivity index (χ3v) is 3.37. The van der Waals surface area contributed by atoms with Crippen LogP contribution in [0.5, 0.6) is 0 Å². The van der Waals surface area contributed by atoms with Crippen LogP contribution in [0.1, 0.15) is 16.9 Å². The van der Waals surface area contributed by atoms with Crippen LogP contribution in [0, 0.1) is 0 Å². The number of anilines is 1. The van der Waals surface area contributed by atoms with E-state index in [1.807, 2.05) is 54.6 Å². The summed E-state index contributed by atoms with van der Waals surface area (Å²) in [6.45, 7) is 8.03. The number of nitrogen functional groups attached to an aromatic ring is 1. The fourth-order valence-electron chi connectivity index (χ4n) is 2.31. The largest absolute Gasteiger partial charge is 0.455 e. The second kappa shape index (κ2) is 4.74. The Morgan fingerprint density at radius 3 is 2.45 bits per heavy atom. The van der Waals surface area contributed by atoms with E-state index in [0.29, 0.717) is 0 Å². The molecule has 2 N–H and O–H groups in total. The summed E-state index contributed by atoms with van der Waals surface area (Å²) in [5.74, 6) is 0.756. The molecule has 0 bridgehead atoms. The quantitative estimate of drug-likeness (QED) is 0.693. The smallest absolute Gasteiger partial charge is 0.142 e. The van der Waals surface area contributed by atoms with Crippen LogP contribution in [0.3, 0.4) is 0 Å². The van der Waals surface area contributed by atoms with Gasteiger partial charge < -0.3 is 10.2 Å². The maximum atomic E-state index is 5.93. The van der Waals surface area contributed by atoms with E-state index in [0.717, 1.165) is 39.1 Å². The molecule has 3 aromatic rings. The molecule has 2 aromatic carbocycles. The molecular weight excluding hydrogens is 246 g/mol. The van der Waals surface area contributed by atoms with E-state index in [1.54, 1.807) is 0 Å². The Balaban J connectivity index is 2.16. The standard InChI is InChI=1S/C18H15NO/c1-3-15-16-6-4-5-7-17(16)20-18(15)12(2)13-8-10-14(19)11-9-13/h3-11H,1-2,19H2. The van der Waals surface area contributed by atoms with E-state index in [-0.39, 0.29) is 0 Å². The molecule has 0 spiro atoms. The van der Waals surface area contributed by atoms with E-state index in [2.05, 4.69) is 13.2 Å². The molecule has 1 aromatic heterocycles. The van der Waals surface area contributed by atoms with Gasteiger partial charge in [-0.25, -0.2) is 0 Å². The van der Waals surface area contributed by atoms with Gasteiger partial charge in [0.25, 0.3) is 0 Å². The van der Waals surface area contributed by atoms with Crippen molar-refractivity contribution in [3.05, 3.63) is 78.6 Å². The summed E-state index contributed by atoms with van der Waals surface area (Å²) >= 11 is 0. The highest BCUT2D eigenvalue weighted by Crippen LogP contribution is 2.33. The molecule has 2 heteroatoms. The lowest BCUT2D eigenvalue weighted by Gasteiger charge is -2.04. The van der Waals surface area contributed by atoms with Crippen molar-refractivity contribution in [2.75, 3.05) is 5.73 Å². The van der Waals surface area contributed by atoms with Gasteiger partial charge in [0.05, 0.1) is 0 Å². The van der Waals surface area contributed by atoms with Crippen LogP contribution in [-0.4, -0.2) is 0 Å². The van der Waals surface area contributed by atoms with Crippen molar-refractivity contribution in [1.82, 2.24) is 0 Å². The molecule has 2 nitrogen and oxygen atoms in total. The van der Waals surface area contributed by atoms with Crippen molar-refractivity contribution in [3.63, 3.8) is 0 Å². The summed E-state index contributed by atoms with van der Waals surface area (Å²) in [7, 11) is 0. The molecule has 3 rings (SSSR count). The van der Waals surface area contributed by atoms with Crippen LogP contribution in [0.4, 0.5) is 5.69 Å². The number of furan rings is 1. The minimum Gasteiger partial charge on any atom is -0.455 e. The van der Waals surface area contributed by atoms with Gasteiger partial charge in [0.15, 0.2) is 0 Å². The Morgan fingerprint density at radius 2 is 1.75 bits per heavy atom. The van der Waals surface area contributed by atoms with Crippen molar-refractivity contribution in [3.8, 4) is 0 Å². The monoisotopic (exact) mass is 261 g/mol. The van der Waals surface area contributed by atoms with Crippen molar-refractivity contribution in [2.24, 2.45) is 0 Å². The molecule has 98 valence electrons. The zero-order valence-electron chi connectivity index (χ0n) is 11.1. The average molecular weight is 261 g/mol. The van der Waals surface area contributed by atoms with E-state index in [4.69, 9.17) is 10.2 Å². The minimum absolute atomic E-state index is 0.732. The Morgan fingerprint density at radius 1 is 1.05 bits per heavy atom. The van der Waals surface area contributed by atoms with E-state index < -0.39 is 0 Å². The van der Waals surface area contributed by atoms with Gasteiger partial charge >= 0.3 is 0 Å². The minimum atomic E-state index is 0.732. The molecule has 0 aliphatic heterocycles. The summed E-state index contributed by atoms with van der Waals surface area (Å²) in [6.07, 6.45) is 1.81. The lowest BCUT2D eigenvalue weighted by Crippen LogP contribution is -1.88. The second-order valence-corrected chi connectivity index (χ2v) is 4.65. The van der Waals surface area contributed by atoms with Gasteiger partial charge in [-0.2, -0.15) is 0 Å². The van der Waals surface area contributed by atoms with Crippen LogP contribution >= 0.6 is 0 Å². The predicted octanol–water partition coefficient (Wildman–Crippen LogP) is 4.72. The van der Waals surface area contributed by atoms with Gasteiger partial charge in [-0.05, 0) is 23.8 Å². The van der Waals surface area contributed by atoms with Crippen LogP contribution < -0.4 is 5.73 Å². The fraction of sp³-hybridized carbons (Fsp3) is 0. The molecule has 0 amide bonds. The van der Waals surface area contributed by atoms with Crippen molar-refractivity contribution < 1.29 is 4.42 Å². The summed E-state index contributed by atoms with van der Waals surface area (Å²) in [5.41, 5.74) is 10.1. The third kappa shape index (κ3) is 1.91. The second-order valence-electron chi connectivity index (χ2n) is 4.65. The topological polar surface area (TPSA) is 39.2 Å². The first kappa shape index (κ1) is 12.3. The molecule has 0 aliphatic carbocycles. The predicted molar refractivity (Wildman–Crippen MR) is 85.3 cm³/mol. The van der Waals surface area contributed by atoms with Gasteiger partial charge in [0.2, 0.25) is 0 Å². The molecule has 0 aliphatic rings. The third-order valence-electron chi connectivity index (χ3n) is 3.37. The Kier molecular flexibility index (Phi) is 2.92. The molecule has 20 heavy (non-hydrogen) atoms. The van der Waals surface area contributed by atoms with Crippen LogP contribution in [0.15, 0.2) is 66.1 Å². The highest BCUT2D eigenvalue weighted by atomic mass is 16.3. The molecule has 0 atom stereocenters. The number of fused-ring (bicyclic) bond motifs is 1. The molecule has 0 saturated heterocycles. The van der Waals surface area contributed by atoms with E-state index >= 15 is 0 Å². The number of hydrogen-bond acceptors (Lipinski definition) is 2. The normalized spacial score (nSPS) is 10.6. The maximum Gasteiger partial charge on any atom is 0.142 e. The van der Waals surface area contributed by atoms with Gasteiger partial charge in [-0.3, -0.25) is 0 Å². The van der Waals surface area contributed by atoms with Gasteiger partial charge in [0, 0.05) is 22.2 Å². The first-order valence-corrected chi connectivity index (χ1v) is 6.40. The highest BCUT2D eigenvalue weighted by Gasteiger charge is 2.15. The van der Waals surface area contributed by atoms with E-state index in [9.17, 15) is 0 Å². The van der Waals surface area contributed by atoms with Gasteiger partial charge in [0.1, 0.15) is 11.3 Å². The summed E-state index contributed by atoms with van der Waals surface area (Å²) in [4.78, 5) is 0. The van der Waals surface area contributed by atoms with Crippen molar-refractivity contribution in [1.29, 1.82) is 0 Å².